The summed E-state index contributed by atoms with van der Waals surface area (Å²) in [5.74, 6) is -0.512. The Balaban J connectivity index is 1.84. The summed E-state index contributed by atoms with van der Waals surface area (Å²) in [5, 5.41) is 11.5. The highest BCUT2D eigenvalue weighted by molar-refractivity contribution is 5.98. The van der Waals surface area contributed by atoms with Crippen LogP contribution in [-0.2, 0) is 9.59 Å². The van der Waals surface area contributed by atoms with E-state index in [2.05, 4.69) is 28.2 Å². The summed E-state index contributed by atoms with van der Waals surface area (Å²) in [6.07, 6.45) is 1.94. The van der Waals surface area contributed by atoms with E-state index in [4.69, 9.17) is 0 Å². The maximum Gasteiger partial charge on any atom is 0.251 e. The Bertz CT molecular complexity index is 863. The fourth-order valence-electron chi connectivity index (χ4n) is 2.56. The first kappa shape index (κ1) is 22.9. The van der Waals surface area contributed by atoms with Gasteiger partial charge in [0.2, 0.25) is 11.8 Å². The lowest BCUT2D eigenvalue weighted by Gasteiger charge is -2.11. The van der Waals surface area contributed by atoms with Crippen LogP contribution in [0.15, 0.2) is 48.5 Å². The molecule has 0 heterocycles. The van der Waals surface area contributed by atoms with Crippen LogP contribution in [0.4, 0.5) is 17.1 Å². The van der Waals surface area contributed by atoms with Gasteiger partial charge in [0.15, 0.2) is 0 Å². The monoisotopic (exact) mass is 410 g/mol. The number of nitrogens with one attached hydrogen (secondary N) is 4. The van der Waals surface area contributed by atoms with Gasteiger partial charge in [-0.1, -0.05) is 33.3 Å². The Hall–Kier alpha value is -3.35. The topological polar surface area (TPSA) is 99.3 Å². The number of anilines is 3. The molecule has 30 heavy (non-hydrogen) atoms. The molecule has 0 radical (unpaired) electrons. The number of rotatable bonds is 10. The first-order valence-corrected chi connectivity index (χ1v) is 10.2. The fourth-order valence-corrected chi connectivity index (χ4v) is 2.56. The second-order valence-electron chi connectivity index (χ2n) is 7.31. The van der Waals surface area contributed by atoms with E-state index >= 15 is 0 Å². The van der Waals surface area contributed by atoms with Crippen LogP contribution in [0, 0.1) is 5.92 Å². The van der Waals surface area contributed by atoms with Crippen molar-refractivity contribution in [3.05, 3.63) is 54.1 Å². The van der Waals surface area contributed by atoms with E-state index < -0.39 is 0 Å². The van der Waals surface area contributed by atoms with Crippen LogP contribution in [0.5, 0.6) is 0 Å². The van der Waals surface area contributed by atoms with Gasteiger partial charge in [-0.25, -0.2) is 0 Å². The van der Waals surface area contributed by atoms with Gasteiger partial charge in [-0.2, -0.15) is 0 Å². The van der Waals surface area contributed by atoms with E-state index in [0.717, 1.165) is 18.5 Å². The SMILES string of the molecule is CCCCNC(=O)c1cccc(NC(=O)CNc2ccc(NC(=O)C(C)C)cc2)c1. The molecule has 2 aromatic rings. The summed E-state index contributed by atoms with van der Waals surface area (Å²) >= 11 is 0. The van der Waals surface area contributed by atoms with Crippen LogP contribution < -0.4 is 21.3 Å². The lowest BCUT2D eigenvalue weighted by atomic mass is 10.2. The van der Waals surface area contributed by atoms with E-state index in [1.807, 2.05) is 13.8 Å². The van der Waals surface area contributed by atoms with E-state index in [0.29, 0.717) is 23.5 Å². The number of hydrogen-bond acceptors (Lipinski definition) is 4. The third kappa shape index (κ3) is 7.58. The van der Waals surface area contributed by atoms with Crippen molar-refractivity contribution in [3.63, 3.8) is 0 Å². The molecule has 0 saturated carbocycles. The first-order valence-electron chi connectivity index (χ1n) is 10.2. The highest BCUT2D eigenvalue weighted by atomic mass is 16.2. The number of benzene rings is 2. The van der Waals surface area contributed by atoms with Gasteiger partial charge < -0.3 is 21.3 Å². The van der Waals surface area contributed by atoms with Gasteiger partial charge in [0.05, 0.1) is 6.54 Å². The van der Waals surface area contributed by atoms with Gasteiger partial charge >= 0.3 is 0 Å². The minimum absolute atomic E-state index is 0.0450. The molecule has 2 rings (SSSR count). The lowest BCUT2D eigenvalue weighted by molar-refractivity contribution is -0.119. The quantitative estimate of drug-likeness (QED) is 0.447. The zero-order valence-electron chi connectivity index (χ0n) is 17.7. The largest absolute Gasteiger partial charge is 0.376 e. The average molecular weight is 411 g/mol. The molecule has 0 aromatic heterocycles. The van der Waals surface area contributed by atoms with Crippen LogP contribution in [0.3, 0.4) is 0 Å². The highest BCUT2D eigenvalue weighted by Gasteiger charge is 2.09. The standard InChI is InChI=1S/C23H30N4O3/c1-4-5-13-24-23(30)17-7-6-8-20(14-17)26-21(28)15-25-18-9-11-19(12-10-18)27-22(29)16(2)3/h6-12,14,16,25H,4-5,13,15H2,1-3H3,(H,24,30)(H,26,28)(H,27,29). The van der Waals surface area contributed by atoms with Crippen LogP contribution in [0.25, 0.3) is 0 Å². The predicted molar refractivity (Wildman–Crippen MR) is 121 cm³/mol. The molecule has 7 nitrogen and oxygen atoms in total. The third-order valence-corrected chi connectivity index (χ3v) is 4.35. The minimum atomic E-state index is -0.226. The summed E-state index contributed by atoms with van der Waals surface area (Å²) in [4.78, 5) is 36.1. The molecule has 0 aliphatic rings. The second-order valence-corrected chi connectivity index (χ2v) is 7.31. The normalized spacial score (nSPS) is 10.4. The second kappa shape index (κ2) is 11.6. The zero-order chi connectivity index (χ0) is 21.9. The van der Waals surface area contributed by atoms with E-state index in [1.165, 1.54) is 0 Å². The highest BCUT2D eigenvalue weighted by Crippen LogP contribution is 2.15. The van der Waals surface area contributed by atoms with Crippen LogP contribution in [0.2, 0.25) is 0 Å². The third-order valence-electron chi connectivity index (χ3n) is 4.35. The smallest absolute Gasteiger partial charge is 0.251 e. The minimum Gasteiger partial charge on any atom is -0.376 e. The molecule has 0 fully saturated rings. The van der Waals surface area contributed by atoms with Crippen molar-refractivity contribution in [1.82, 2.24) is 5.32 Å². The number of hydrogen-bond donors (Lipinski definition) is 4. The molecular formula is C23H30N4O3. The average Bonchev–Trinajstić information content (AvgIpc) is 2.73. The van der Waals surface area contributed by atoms with Gasteiger partial charge in [0.25, 0.3) is 5.91 Å². The van der Waals surface area contributed by atoms with Crippen molar-refractivity contribution < 1.29 is 14.4 Å². The van der Waals surface area contributed by atoms with Crippen molar-refractivity contribution in [2.75, 3.05) is 29.0 Å². The summed E-state index contributed by atoms with van der Waals surface area (Å²) < 4.78 is 0. The van der Waals surface area contributed by atoms with Crippen molar-refractivity contribution in [3.8, 4) is 0 Å². The lowest BCUT2D eigenvalue weighted by Crippen LogP contribution is -2.25. The van der Waals surface area contributed by atoms with Crippen LogP contribution in [-0.4, -0.2) is 30.8 Å². The number of amides is 3. The molecular weight excluding hydrogens is 380 g/mol. The Kier molecular flexibility index (Phi) is 8.87. The van der Waals surface area contributed by atoms with Gasteiger partial charge in [-0.3, -0.25) is 14.4 Å². The molecule has 4 N–H and O–H groups in total. The van der Waals surface area contributed by atoms with Crippen molar-refractivity contribution in [2.45, 2.75) is 33.6 Å². The van der Waals surface area contributed by atoms with Gasteiger partial charge in [-0.15, -0.1) is 0 Å². The molecule has 0 aliphatic heterocycles. The summed E-state index contributed by atoms with van der Waals surface area (Å²) in [7, 11) is 0. The van der Waals surface area contributed by atoms with Crippen LogP contribution >= 0.6 is 0 Å². The Morgan fingerprint density at radius 3 is 2.27 bits per heavy atom. The number of carbonyl (C=O) groups excluding carboxylic acids is 3. The van der Waals surface area contributed by atoms with E-state index in [-0.39, 0.29) is 30.2 Å². The van der Waals surface area contributed by atoms with Crippen LogP contribution in [0.1, 0.15) is 44.0 Å². The zero-order valence-corrected chi connectivity index (χ0v) is 17.7. The van der Waals surface area contributed by atoms with Gasteiger partial charge in [0, 0.05) is 35.1 Å². The molecule has 7 heteroatoms. The van der Waals surface area contributed by atoms with Gasteiger partial charge in [-0.05, 0) is 48.9 Å². The molecule has 0 spiro atoms. The number of carbonyl (C=O) groups is 3. The Morgan fingerprint density at radius 1 is 0.900 bits per heavy atom. The maximum absolute atomic E-state index is 12.2. The molecule has 0 atom stereocenters. The summed E-state index contributed by atoms with van der Waals surface area (Å²) in [6, 6.07) is 14.0. The fraction of sp³-hybridized carbons (Fsp3) is 0.348. The number of unbranched alkanes of at least 4 members (excludes halogenated alkanes) is 1. The first-order chi connectivity index (χ1) is 14.4. The van der Waals surface area contributed by atoms with E-state index in [1.54, 1.807) is 48.5 Å². The maximum atomic E-state index is 12.2. The van der Waals surface area contributed by atoms with Crippen molar-refractivity contribution in [1.29, 1.82) is 0 Å². The molecule has 2 aromatic carbocycles. The molecule has 3 amide bonds. The molecule has 0 bridgehead atoms. The molecule has 0 unspecified atom stereocenters. The molecule has 0 aliphatic carbocycles. The summed E-state index contributed by atoms with van der Waals surface area (Å²) in [5.41, 5.74) is 2.54. The Labute approximate surface area is 177 Å². The van der Waals surface area contributed by atoms with Crippen molar-refractivity contribution >= 4 is 34.8 Å². The molecule has 0 saturated heterocycles. The Morgan fingerprint density at radius 2 is 1.60 bits per heavy atom. The van der Waals surface area contributed by atoms with E-state index in [9.17, 15) is 14.4 Å². The summed E-state index contributed by atoms with van der Waals surface area (Å²) in [6.45, 7) is 6.44. The molecule has 160 valence electrons. The van der Waals surface area contributed by atoms with Gasteiger partial charge in [0.1, 0.15) is 0 Å². The van der Waals surface area contributed by atoms with Crippen molar-refractivity contribution in [2.24, 2.45) is 5.92 Å². The predicted octanol–water partition coefficient (Wildman–Crippen LogP) is 3.86.